The fourth-order valence-electron chi connectivity index (χ4n) is 1.24. The largest absolute Gasteiger partial charge is 0.478 e. The molecule has 0 aromatic rings. The van der Waals surface area contributed by atoms with Crippen molar-refractivity contribution in [2.45, 2.75) is 45.1 Å². The Morgan fingerprint density at radius 1 is 1.38 bits per heavy atom. The maximum absolute atomic E-state index is 11.2. The molecule has 90 valence electrons. The molecule has 0 aliphatic heterocycles. The second-order valence-electron chi connectivity index (χ2n) is 3.49. The molecule has 0 amide bonds. The summed E-state index contributed by atoms with van der Waals surface area (Å²) in [4.78, 5) is 21.3. The number of carbonyl (C=O) groups is 2. The van der Waals surface area contributed by atoms with Gasteiger partial charge in [0.05, 0.1) is 13.3 Å². The van der Waals surface area contributed by atoms with Gasteiger partial charge in [-0.05, 0) is 25.7 Å². The zero-order chi connectivity index (χ0) is 12.4. The van der Waals surface area contributed by atoms with Crippen LogP contribution in [0, 0.1) is 6.92 Å². The highest BCUT2D eigenvalue weighted by Gasteiger charge is 2.10. The average Bonchev–Trinajstić information content (AvgIpc) is 2.25. The number of rotatable bonds is 8. The maximum atomic E-state index is 11.2. The first-order valence-corrected chi connectivity index (χ1v) is 5.51. The number of ether oxygens (including phenoxy) is 1. The summed E-state index contributed by atoms with van der Waals surface area (Å²) in [7, 11) is 0. The first-order chi connectivity index (χ1) is 7.60. The summed E-state index contributed by atoms with van der Waals surface area (Å²) < 4.78 is 5.09. The fourth-order valence-corrected chi connectivity index (χ4v) is 1.24. The molecular formula is C12H19O4+. The summed E-state index contributed by atoms with van der Waals surface area (Å²) in [6, 6.07) is 0. The van der Waals surface area contributed by atoms with Crippen LogP contribution in [0.4, 0.5) is 0 Å². The third-order valence-corrected chi connectivity index (χ3v) is 2.13. The molecule has 1 atom stereocenters. The first kappa shape index (κ1) is 14.6. The Kier molecular flexibility index (Phi) is 8.03. The monoisotopic (exact) mass is 227 g/mol. The molecule has 0 fully saturated rings. The van der Waals surface area contributed by atoms with E-state index < -0.39 is 11.9 Å². The van der Waals surface area contributed by atoms with Crippen LogP contribution < -0.4 is 0 Å². The molecule has 16 heavy (non-hydrogen) atoms. The highest BCUT2D eigenvalue weighted by atomic mass is 16.5. The van der Waals surface area contributed by atoms with Gasteiger partial charge in [-0.15, -0.1) is 0 Å². The molecule has 0 spiro atoms. The lowest BCUT2D eigenvalue weighted by molar-refractivity contribution is -0.144. The van der Waals surface area contributed by atoms with Gasteiger partial charge in [-0.2, -0.15) is 0 Å². The van der Waals surface area contributed by atoms with Gasteiger partial charge >= 0.3 is 11.9 Å². The van der Waals surface area contributed by atoms with Gasteiger partial charge in [0.1, 0.15) is 6.10 Å². The molecule has 0 bridgehead atoms. The normalized spacial score (nSPS) is 12.6. The number of esters is 1. The van der Waals surface area contributed by atoms with Crippen LogP contribution in [0.25, 0.3) is 0 Å². The third-order valence-electron chi connectivity index (χ3n) is 2.13. The molecule has 0 aliphatic rings. The van der Waals surface area contributed by atoms with Crippen molar-refractivity contribution in [1.82, 2.24) is 0 Å². The summed E-state index contributed by atoms with van der Waals surface area (Å²) in [6.07, 6.45) is 6.00. The predicted octanol–water partition coefficient (Wildman–Crippen LogP) is 2.34. The van der Waals surface area contributed by atoms with Gasteiger partial charge in [0.2, 0.25) is 0 Å². The van der Waals surface area contributed by atoms with Crippen LogP contribution in [0.3, 0.4) is 0 Å². The minimum atomic E-state index is -1.15. The van der Waals surface area contributed by atoms with Crippen molar-refractivity contribution in [3.63, 3.8) is 0 Å². The molecule has 0 aliphatic carbocycles. The minimum absolute atomic E-state index is 0.127. The van der Waals surface area contributed by atoms with E-state index in [1.54, 1.807) is 0 Å². The highest BCUT2D eigenvalue weighted by Crippen LogP contribution is 2.10. The van der Waals surface area contributed by atoms with E-state index in [2.05, 4.69) is 6.92 Å². The van der Waals surface area contributed by atoms with Crippen molar-refractivity contribution >= 4 is 11.9 Å². The van der Waals surface area contributed by atoms with E-state index in [-0.39, 0.29) is 6.10 Å². The van der Waals surface area contributed by atoms with E-state index in [9.17, 15) is 9.59 Å². The van der Waals surface area contributed by atoms with Gasteiger partial charge < -0.3 is 9.84 Å². The van der Waals surface area contributed by atoms with Gasteiger partial charge in [-0.1, -0.05) is 6.92 Å². The number of carbonyl (C=O) groups excluding carboxylic acids is 1. The molecule has 1 N–H and O–H groups in total. The van der Waals surface area contributed by atoms with E-state index in [1.165, 1.54) is 0 Å². The van der Waals surface area contributed by atoms with E-state index >= 15 is 0 Å². The molecule has 0 rings (SSSR count). The fraction of sp³-hybridized carbons (Fsp3) is 0.583. The molecule has 0 saturated heterocycles. The van der Waals surface area contributed by atoms with Gasteiger partial charge in [-0.3, -0.25) is 0 Å². The van der Waals surface area contributed by atoms with E-state index in [1.807, 2.05) is 6.92 Å². The third kappa shape index (κ3) is 7.91. The van der Waals surface area contributed by atoms with Crippen molar-refractivity contribution < 1.29 is 19.4 Å². The predicted molar refractivity (Wildman–Crippen MR) is 60.8 cm³/mol. The lowest BCUT2D eigenvalue weighted by Crippen LogP contribution is -2.16. The minimum Gasteiger partial charge on any atom is -0.478 e. The Labute approximate surface area is 96.3 Å². The average molecular weight is 227 g/mol. The summed E-state index contributed by atoms with van der Waals surface area (Å²) in [5.41, 5.74) is 0. The summed E-state index contributed by atoms with van der Waals surface area (Å²) in [5, 5.41) is 8.33. The number of unbranched alkanes of at least 4 members (excludes halogenated alkanes) is 2. The molecule has 1 unspecified atom stereocenters. The number of hydrogen-bond donors (Lipinski definition) is 1. The van der Waals surface area contributed by atoms with Gasteiger partial charge in [0.15, 0.2) is 0 Å². The van der Waals surface area contributed by atoms with Crippen LogP contribution >= 0.6 is 0 Å². The first-order valence-electron chi connectivity index (χ1n) is 5.51. The van der Waals surface area contributed by atoms with Crippen LogP contribution in [-0.4, -0.2) is 23.1 Å². The maximum Gasteiger partial charge on any atom is 0.331 e. The van der Waals surface area contributed by atoms with Crippen molar-refractivity contribution in [2.24, 2.45) is 0 Å². The summed E-state index contributed by atoms with van der Waals surface area (Å²) >= 11 is 0. The van der Waals surface area contributed by atoms with Gasteiger partial charge in [0, 0.05) is 12.2 Å². The van der Waals surface area contributed by atoms with Crippen molar-refractivity contribution in [2.75, 3.05) is 0 Å². The standard InChI is InChI=1S/C12H18O4/c1-3-5-6-7-10(4-2)16-12(15)9-8-11(13)14/h8-10H,1,3-7H2,2H3/p+1/b9-8-. The molecule has 0 aromatic carbocycles. The van der Waals surface area contributed by atoms with Crippen LogP contribution in [0.15, 0.2) is 12.2 Å². The molecule has 0 radical (unpaired) electrons. The van der Waals surface area contributed by atoms with E-state index in [0.717, 1.165) is 44.3 Å². The summed E-state index contributed by atoms with van der Waals surface area (Å²) in [6.45, 7) is 5.67. The SMILES string of the molecule is [CH2+]CCCCC(CC)OC(=O)/C=C\C(=O)O. The van der Waals surface area contributed by atoms with E-state index in [0.29, 0.717) is 0 Å². The highest BCUT2D eigenvalue weighted by molar-refractivity contribution is 5.90. The number of hydrogen-bond acceptors (Lipinski definition) is 3. The van der Waals surface area contributed by atoms with Crippen LogP contribution in [0.1, 0.15) is 39.0 Å². The smallest absolute Gasteiger partial charge is 0.331 e. The van der Waals surface area contributed by atoms with Crippen LogP contribution in [-0.2, 0) is 14.3 Å². The lowest BCUT2D eigenvalue weighted by atomic mass is 10.1. The van der Waals surface area contributed by atoms with Crippen molar-refractivity contribution in [3.05, 3.63) is 19.1 Å². The number of carboxylic acid groups (broad SMARTS) is 1. The molecule has 0 heterocycles. The Morgan fingerprint density at radius 3 is 2.56 bits per heavy atom. The zero-order valence-corrected chi connectivity index (χ0v) is 9.65. The molecule has 0 aromatic heterocycles. The quantitative estimate of drug-likeness (QED) is 0.299. The molecule has 0 saturated carbocycles. The second-order valence-corrected chi connectivity index (χ2v) is 3.49. The van der Waals surface area contributed by atoms with Crippen molar-refractivity contribution in [3.8, 4) is 0 Å². The Balaban J connectivity index is 3.92. The molecule has 4 nitrogen and oxygen atoms in total. The Morgan fingerprint density at radius 2 is 2.06 bits per heavy atom. The number of aliphatic carboxylic acids is 1. The van der Waals surface area contributed by atoms with Gasteiger partial charge in [0.25, 0.3) is 0 Å². The Hall–Kier alpha value is -1.45. The van der Waals surface area contributed by atoms with Crippen molar-refractivity contribution in [1.29, 1.82) is 0 Å². The molecule has 4 heteroatoms. The summed E-state index contributed by atoms with van der Waals surface area (Å²) in [5.74, 6) is -1.74. The zero-order valence-electron chi connectivity index (χ0n) is 9.65. The van der Waals surface area contributed by atoms with Crippen LogP contribution in [0.2, 0.25) is 0 Å². The topological polar surface area (TPSA) is 63.6 Å². The Bertz CT molecular complexity index is 245. The van der Waals surface area contributed by atoms with Gasteiger partial charge in [-0.25, -0.2) is 9.59 Å². The number of carboxylic acids is 1. The second kappa shape index (κ2) is 8.83. The lowest BCUT2D eigenvalue weighted by Gasteiger charge is -2.14. The van der Waals surface area contributed by atoms with E-state index in [4.69, 9.17) is 9.84 Å². The van der Waals surface area contributed by atoms with Crippen LogP contribution in [0.5, 0.6) is 0 Å². The molecular weight excluding hydrogens is 208 g/mol.